The first-order chi connectivity index (χ1) is 5.65. The molecule has 0 saturated carbocycles. The molecule has 0 fully saturated rings. The third kappa shape index (κ3) is 1.62. The summed E-state index contributed by atoms with van der Waals surface area (Å²) in [6.45, 7) is 0. The van der Waals surface area contributed by atoms with Crippen LogP contribution in [0.1, 0.15) is 5.69 Å². The molecule has 5 heteroatoms. The van der Waals surface area contributed by atoms with Crippen molar-refractivity contribution >= 4 is 22.9 Å². The molecule has 4 N–H and O–H groups in total. The molecule has 0 radical (unpaired) electrons. The molecule has 0 amide bonds. The Hall–Kier alpha value is -1.36. The summed E-state index contributed by atoms with van der Waals surface area (Å²) in [5, 5.41) is 0. The number of nitrogen functional groups attached to an aromatic ring is 1. The number of pyridine rings is 1. The zero-order chi connectivity index (χ0) is 9.14. The molecular weight excluding hydrogens is 174 g/mol. The van der Waals surface area contributed by atoms with E-state index in [2.05, 4.69) is 4.98 Å². The molecule has 0 atom stereocenters. The fraction of sp³-hybridized carbons (Fsp3) is 0.143. The van der Waals surface area contributed by atoms with Gasteiger partial charge in [-0.05, 0) is 6.07 Å². The number of hydrogen-bond donors (Lipinski definition) is 2. The van der Waals surface area contributed by atoms with Gasteiger partial charge in [0.1, 0.15) is 10.7 Å². The third-order valence-electron chi connectivity index (χ3n) is 1.34. The largest absolute Gasteiger partial charge is 0.481 e. The third-order valence-corrected chi connectivity index (χ3v) is 1.54. The van der Waals surface area contributed by atoms with Gasteiger partial charge in [-0.2, -0.15) is 0 Å². The molecule has 12 heavy (non-hydrogen) atoms. The molecule has 0 bridgehead atoms. The summed E-state index contributed by atoms with van der Waals surface area (Å²) in [7, 11) is 1.52. The van der Waals surface area contributed by atoms with E-state index >= 15 is 0 Å². The monoisotopic (exact) mass is 183 g/mol. The van der Waals surface area contributed by atoms with E-state index in [1.54, 1.807) is 12.1 Å². The first-order valence-corrected chi connectivity index (χ1v) is 3.66. The topological polar surface area (TPSA) is 74.2 Å². The van der Waals surface area contributed by atoms with Crippen molar-refractivity contribution in [2.24, 2.45) is 5.73 Å². The zero-order valence-electron chi connectivity index (χ0n) is 6.57. The first kappa shape index (κ1) is 8.73. The van der Waals surface area contributed by atoms with E-state index in [0.717, 1.165) is 0 Å². The lowest BCUT2D eigenvalue weighted by molar-refractivity contribution is 0.398. The van der Waals surface area contributed by atoms with Crippen LogP contribution in [0.25, 0.3) is 0 Å². The molecule has 1 rings (SSSR count). The summed E-state index contributed by atoms with van der Waals surface area (Å²) in [5.41, 5.74) is 11.8. The lowest BCUT2D eigenvalue weighted by Gasteiger charge is -2.04. The van der Waals surface area contributed by atoms with Crippen LogP contribution in [0.5, 0.6) is 5.88 Å². The van der Waals surface area contributed by atoms with E-state index in [1.807, 2.05) is 0 Å². The molecule has 4 nitrogen and oxygen atoms in total. The molecule has 1 heterocycles. The van der Waals surface area contributed by atoms with Crippen LogP contribution in [0.3, 0.4) is 0 Å². The van der Waals surface area contributed by atoms with E-state index in [-0.39, 0.29) is 4.99 Å². The number of methoxy groups -OCH3 is 1. The van der Waals surface area contributed by atoms with Crippen LogP contribution in [0.4, 0.5) is 5.69 Å². The Bertz CT molecular complexity index is 314. The molecule has 1 aromatic heterocycles. The van der Waals surface area contributed by atoms with Gasteiger partial charge in [-0.1, -0.05) is 12.2 Å². The summed E-state index contributed by atoms with van der Waals surface area (Å²) in [4.78, 5) is 4.15. The number of nitrogens with zero attached hydrogens (tertiary/aromatic N) is 1. The minimum Gasteiger partial charge on any atom is -0.481 e. The minimum absolute atomic E-state index is 0.173. The predicted octanol–water partition coefficient (Wildman–Crippen LogP) is 0.307. The highest BCUT2D eigenvalue weighted by Crippen LogP contribution is 2.13. The molecule has 0 saturated heterocycles. The molecule has 0 aliphatic rings. The number of thiocarbonyl (C=S) groups is 1. The number of anilines is 1. The van der Waals surface area contributed by atoms with Crippen LogP contribution in [0.2, 0.25) is 0 Å². The molecule has 64 valence electrons. The molecular formula is C7H9N3OS. The van der Waals surface area contributed by atoms with Crippen LogP contribution in [0, 0.1) is 0 Å². The van der Waals surface area contributed by atoms with Crippen molar-refractivity contribution in [3.63, 3.8) is 0 Å². The van der Waals surface area contributed by atoms with Crippen molar-refractivity contribution < 1.29 is 4.74 Å². The first-order valence-electron chi connectivity index (χ1n) is 3.25. The Morgan fingerprint density at radius 1 is 1.58 bits per heavy atom. The van der Waals surface area contributed by atoms with Gasteiger partial charge in [0.05, 0.1) is 12.8 Å². The van der Waals surface area contributed by atoms with Gasteiger partial charge in [0, 0.05) is 6.07 Å². The summed E-state index contributed by atoms with van der Waals surface area (Å²) in [5.74, 6) is 0.451. The summed E-state index contributed by atoms with van der Waals surface area (Å²) in [6.07, 6.45) is 0. The number of rotatable bonds is 2. The second-order valence-electron chi connectivity index (χ2n) is 2.16. The van der Waals surface area contributed by atoms with Crippen LogP contribution < -0.4 is 16.2 Å². The van der Waals surface area contributed by atoms with Gasteiger partial charge in [-0.3, -0.25) is 0 Å². The van der Waals surface area contributed by atoms with Gasteiger partial charge in [0.15, 0.2) is 0 Å². The van der Waals surface area contributed by atoms with Crippen molar-refractivity contribution in [1.82, 2.24) is 4.98 Å². The summed E-state index contributed by atoms with van der Waals surface area (Å²) < 4.78 is 4.88. The Kier molecular flexibility index (Phi) is 2.44. The quantitative estimate of drug-likeness (QED) is 0.645. The molecule has 0 aliphatic heterocycles. The molecule has 0 aromatic carbocycles. The maximum Gasteiger partial charge on any atom is 0.213 e. The summed E-state index contributed by atoms with van der Waals surface area (Å²) >= 11 is 4.74. The van der Waals surface area contributed by atoms with Crippen molar-refractivity contribution in [2.45, 2.75) is 0 Å². The Morgan fingerprint density at radius 2 is 2.25 bits per heavy atom. The van der Waals surface area contributed by atoms with Crippen LogP contribution in [-0.4, -0.2) is 17.1 Å². The fourth-order valence-electron chi connectivity index (χ4n) is 0.763. The van der Waals surface area contributed by atoms with E-state index in [1.165, 1.54) is 7.11 Å². The highest BCUT2D eigenvalue weighted by Gasteiger charge is 2.04. The lowest BCUT2D eigenvalue weighted by Crippen LogP contribution is -2.14. The standard InChI is InChI=1S/C7H9N3OS/c1-11-5-3-2-4(8)6(10-5)7(9)12/h2-3H,8H2,1H3,(H2,9,12). The Balaban J connectivity index is 3.17. The smallest absolute Gasteiger partial charge is 0.213 e. The average molecular weight is 183 g/mol. The molecule has 0 unspecified atom stereocenters. The highest BCUT2D eigenvalue weighted by molar-refractivity contribution is 7.80. The maximum absolute atomic E-state index is 5.56. The fourth-order valence-corrected chi connectivity index (χ4v) is 0.927. The van der Waals surface area contributed by atoms with E-state index < -0.39 is 0 Å². The van der Waals surface area contributed by atoms with Crippen LogP contribution >= 0.6 is 12.2 Å². The van der Waals surface area contributed by atoms with Crippen LogP contribution in [-0.2, 0) is 0 Å². The lowest BCUT2D eigenvalue weighted by atomic mass is 10.3. The second kappa shape index (κ2) is 3.36. The maximum atomic E-state index is 5.56. The minimum atomic E-state index is 0.173. The van der Waals surface area contributed by atoms with Crippen molar-refractivity contribution in [3.8, 4) is 5.88 Å². The molecule has 1 aromatic rings. The van der Waals surface area contributed by atoms with E-state index in [9.17, 15) is 0 Å². The van der Waals surface area contributed by atoms with Gasteiger partial charge < -0.3 is 16.2 Å². The summed E-state index contributed by atoms with van der Waals surface area (Å²) in [6, 6.07) is 3.30. The number of nitrogens with two attached hydrogens (primary N) is 2. The predicted molar refractivity (Wildman–Crippen MR) is 51.1 cm³/mol. The van der Waals surface area contributed by atoms with E-state index in [0.29, 0.717) is 17.3 Å². The Labute approximate surface area is 75.5 Å². The second-order valence-corrected chi connectivity index (χ2v) is 2.60. The van der Waals surface area contributed by atoms with E-state index in [4.69, 9.17) is 28.4 Å². The normalized spacial score (nSPS) is 9.42. The SMILES string of the molecule is COc1ccc(N)c(C(N)=S)n1. The molecule has 0 spiro atoms. The van der Waals surface area contributed by atoms with Gasteiger partial charge in [0.2, 0.25) is 5.88 Å². The number of ether oxygens (including phenoxy) is 1. The number of hydrogen-bond acceptors (Lipinski definition) is 4. The van der Waals surface area contributed by atoms with Gasteiger partial charge in [-0.25, -0.2) is 4.98 Å². The van der Waals surface area contributed by atoms with Gasteiger partial charge in [-0.15, -0.1) is 0 Å². The van der Waals surface area contributed by atoms with Crippen molar-refractivity contribution in [1.29, 1.82) is 0 Å². The average Bonchev–Trinajstić information content (AvgIpc) is 2.05. The zero-order valence-corrected chi connectivity index (χ0v) is 7.39. The van der Waals surface area contributed by atoms with Gasteiger partial charge >= 0.3 is 0 Å². The van der Waals surface area contributed by atoms with Crippen molar-refractivity contribution in [3.05, 3.63) is 17.8 Å². The Morgan fingerprint density at radius 3 is 2.75 bits per heavy atom. The van der Waals surface area contributed by atoms with Gasteiger partial charge in [0.25, 0.3) is 0 Å². The highest BCUT2D eigenvalue weighted by atomic mass is 32.1. The molecule has 0 aliphatic carbocycles. The van der Waals surface area contributed by atoms with Crippen molar-refractivity contribution in [2.75, 3.05) is 12.8 Å². The van der Waals surface area contributed by atoms with Crippen LogP contribution in [0.15, 0.2) is 12.1 Å². The number of aromatic nitrogens is 1.